The summed E-state index contributed by atoms with van der Waals surface area (Å²) in [5.41, 5.74) is 9.55. The molecule has 2 unspecified atom stereocenters. The molecule has 102 valence electrons. The molecule has 0 bridgehead atoms. The van der Waals surface area contributed by atoms with Crippen molar-refractivity contribution >= 4 is 0 Å². The van der Waals surface area contributed by atoms with Gasteiger partial charge in [0.1, 0.15) is 0 Å². The smallest absolute Gasteiger partial charge is 0.0775 e. The van der Waals surface area contributed by atoms with Crippen LogP contribution in [0.4, 0.5) is 0 Å². The van der Waals surface area contributed by atoms with Gasteiger partial charge in [0.05, 0.1) is 24.4 Å². The molecule has 0 spiro atoms. The highest BCUT2D eigenvalue weighted by Gasteiger charge is 2.24. The third kappa shape index (κ3) is 2.59. The minimum atomic E-state index is 0.320. The Morgan fingerprint density at radius 3 is 2.61 bits per heavy atom. The standard InChI is InChI=1S/C14H25N3O/c1-4-13-12(8-15)14(5-2)17(16-13)9-11-7-6-10(3)18-11/h10-11H,4-9,15H2,1-3H3. The number of nitrogens with two attached hydrogens (primary N) is 1. The second-order valence-electron chi connectivity index (χ2n) is 5.11. The fourth-order valence-electron chi connectivity index (χ4n) is 2.87. The molecule has 4 heteroatoms. The lowest BCUT2D eigenvalue weighted by Crippen LogP contribution is -2.19. The van der Waals surface area contributed by atoms with Crippen molar-refractivity contribution in [3.05, 3.63) is 17.0 Å². The van der Waals surface area contributed by atoms with Gasteiger partial charge in [0.2, 0.25) is 0 Å². The van der Waals surface area contributed by atoms with Crippen molar-refractivity contribution in [1.29, 1.82) is 0 Å². The molecule has 1 aromatic rings. The summed E-state index contributed by atoms with van der Waals surface area (Å²) in [7, 11) is 0. The van der Waals surface area contributed by atoms with E-state index in [1.807, 2.05) is 0 Å². The van der Waals surface area contributed by atoms with Crippen molar-refractivity contribution in [2.45, 2.75) is 71.8 Å². The Morgan fingerprint density at radius 2 is 2.11 bits per heavy atom. The van der Waals surface area contributed by atoms with Crippen LogP contribution in [-0.4, -0.2) is 22.0 Å². The van der Waals surface area contributed by atoms with Crippen molar-refractivity contribution in [2.75, 3.05) is 0 Å². The predicted molar refractivity (Wildman–Crippen MR) is 72.4 cm³/mol. The maximum absolute atomic E-state index is 5.89. The topological polar surface area (TPSA) is 53.1 Å². The first-order valence-electron chi connectivity index (χ1n) is 7.12. The number of aromatic nitrogens is 2. The van der Waals surface area contributed by atoms with E-state index in [1.54, 1.807) is 0 Å². The first kappa shape index (κ1) is 13.6. The van der Waals surface area contributed by atoms with Gasteiger partial charge in [-0.15, -0.1) is 0 Å². The van der Waals surface area contributed by atoms with E-state index in [2.05, 4.69) is 25.5 Å². The summed E-state index contributed by atoms with van der Waals surface area (Å²) < 4.78 is 8.02. The van der Waals surface area contributed by atoms with E-state index in [9.17, 15) is 0 Å². The van der Waals surface area contributed by atoms with Gasteiger partial charge in [0, 0.05) is 17.8 Å². The second-order valence-corrected chi connectivity index (χ2v) is 5.11. The Labute approximate surface area is 110 Å². The van der Waals surface area contributed by atoms with Crippen molar-refractivity contribution in [3.8, 4) is 0 Å². The molecule has 4 nitrogen and oxygen atoms in total. The normalized spacial score (nSPS) is 23.8. The van der Waals surface area contributed by atoms with Crippen LogP contribution in [0.1, 0.15) is 50.6 Å². The van der Waals surface area contributed by atoms with Gasteiger partial charge in [-0.25, -0.2) is 0 Å². The third-order valence-corrected chi connectivity index (χ3v) is 3.82. The zero-order chi connectivity index (χ0) is 13.1. The highest BCUT2D eigenvalue weighted by atomic mass is 16.5. The van der Waals surface area contributed by atoms with Crippen LogP contribution < -0.4 is 5.73 Å². The molecule has 1 aliphatic rings. The fourth-order valence-corrected chi connectivity index (χ4v) is 2.87. The molecule has 0 amide bonds. The lowest BCUT2D eigenvalue weighted by Gasteiger charge is -2.13. The number of rotatable bonds is 5. The molecule has 0 aliphatic carbocycles. The maximum Gasteiger partial charge on any atom is 0.0775 e. The molecule has 18 heavy (non-hydrogen) atoms. The summed E-state index contributed by atoms with van der Waals surface area (Å²) in [6, 6.07) is 0. The number of hydrogen-bond acceptors (Lipinski definition) is 3. The average Bonchev–Trinajstić information content (AvgIpc) is 2.92. The Kier molecular flexibility index (Phi) is 4.40. The van der Waals surface area contributed by atoms with E-state index in [0.29, 0.717) is 18.8 Å². The maximum atomic E-state index is 5.89. The average molecular weight is 251 g/mol. The molecular formula is C14H25N3O. The second kappa shape index (κ2) is 5.85. The third-order valence-electron chi connectivity index (χ3n) is 3.82. The molecule has 1 aromatic heterocycles. The fraction of sp³-hybridized carbons (Fsp3) is 0.786. The van der Waals surface area contributed by atoms with Gasteiger partial charge in [-0.3, -0.25) is 4.68 Å². The highest BCUT2D eigenvalue weighted by molar-refractivity contribution is 5.26. The van der Waals surface area contributed by atoms with Crippen LogP contribution in [0.2, 0.25) is 0 Å². The molecule has 0 radical (unpaired) electrons. The Morgan fingerprint density at radius 1 is 1.33 bits per heavy atom. The molecule has 1 saturated heterocycles. The van der Waals surface area contributed by atoms with Crippen LogP contribution in [-0.2, 0) is 30.7 Å². The van der Waals surface area contributed by atoms with E-state index in [1.165, 1.54) is 11.3 Å². The van der Waals surface area contributed by atoms with Gasteiger partial charge in [0.25, 0.3) is 0 Å². The molecular weight excluding hydrogens is 226 g/mol. The van der Waals surface area contributed by atoms with Crippen LogP contribution in [0.3, 0.4) is 0 Å². The summed E-state index contributed by atoms with van der Waals surface area (Å²) in [6.07, 6.45) is 4.97. The number of aryl methyl sites for hydroxylation is 1. The number of nitrogens with zero attached hydrogens (tertiary/aromatic N) is 2. The van der Waals surface area contributed by atoms with E-state index in [-0.39, 0.29) is 0 Å². The Bertz CT molecular complexity index is 400. The van der Waals surface area contributed by atoms with E-state index < -0.39 is 0 Å². The van der Waals surface area contributed by atoms with Crippen LogP contribution in [0.15, 0.2) is 0 Å². The Hall–Kier alpha value is -0.870. The predicted octanol–water partition coefficient (Wildman–Crippen LogP) is 2.03. The Balaban J connectivity index is 2.18. The minimum absolute atomic E-state index is 0.320. The molecule has 2 N–H and O–H groups in total. The summed E-state index contributed by atoms with van der Waals surface area (Å²) in [6.45, 7) is 7.92. The summed E-state index contributed by atoms with van der Waals surface area (Å²) in [4.78, 5) is 0. The number of ether oxygens (including phenoxy) is 1. The van der Waals surface area contributed by atoms with Gasteiger partial charge >= 0.3 is 0 Å². The van der Waals surface area contributed by atoms with E-state index in [4.69, 9.17) is 15.6 Å². The SMILES string of the molecule is CCc1nn(CC2CCC(C)O2)c(CC)c1CN. The van der Waals surface area contributed by atoms with E-state index in [0.717, 1.165) is 37.9 Å². The van der Waals surface area contributed by atoms with Crippen LogP contribution in [0.5, 0.6) is 0 Å². The summed E-state index contributed by atoms with van der Waals surface area (Å²) in [5.74, 6) is 0. The summed E-state index contributed by atoms with van der Waals surface area (Å²) >= 11 is 0. The molecule has 1 aliphatic heterocycles. The van der Waals surface area contributed by atoms with Gasteiger partial charge < -0.3 is 10.5 Å². The molecule has 2 atom stereocenters. The number of hydrogen-bond donors (Lipinski definition) is 1. The van der Waals surface area contributed by atoms with Gasteiger partial charge in [-0.1, -0.05) is 13.8 Å². The molecule has 0 aromatic carbocycles. The zero-order valence-corrected chi connectivity index (χ0v) is 11.8. The zero-order valence-electron chi connectivity index (χ0n) is 11.8. The van der Waals surface area contributed by atoms with Crippen molar-refractivity contribution in [2.24, 2.45) is 5.73 Å². The van der Waals surface area contributed by atoms with Crippen molar-refractivity contribution < 1.29 is 4.74 Å². The monoisotopic (exact) mass is 251 g/mol. The van der Waals surface area contributed by atoms with Crippen LogP contribution in [0.25, 0.3) is 0 Å². The van der Waals surface area contributed by atoms with Gasteiger partial charge in [-0.2, -0.15) is 5.10 Å². The quantitative estimate of drug-likeness (QED) is 0.871. The van der Waals surface area contributed by atoms with E-state index >= 15 is 0 Å². The van der Waals surface area contributed by atoms with Gasteiger partial charge in [0.15, 0.2) is 0 Å². The van der Waals surface area contributed by atoms with Crippen molar-refractivity contribution in [3.63, 3.8) is 0 Å². The molecule has 2 rings (SSSR count). The first-order valence-corrected chi connectivity index (χ1v) is 7.12. The largest absolute Gasteiger partial charge is 0.373 e. The highest BCUT2D eigenvalue weighted by Crippen LogP contribution is 2.23. The molecule has 1 fully saturated rings. The van der Waals surface area contributed by atoms with Crippen LogP contribution >= 0.6 is 0 Å². The lowest BCUT2D eigenvalue weighted by atomic mass is 10.1. The van der Waals surface area contributed by atoms with Crippen molar-refractivity contribution in [1.82, 2.24) is 9.78 Å². The minimum Gasteiger partial charge on any atom is -0.373 e. The molecule has 2 heterocycles. The summed E-state index contributed by atoms with van der Waals surface area (Å²) in [5, 5.41) is 4.72. The first-order chi connectivity index (χ1) is 8.69. The lowest BCUT2D eigenvalue weighted by molar-refractivity contribution is 0.0431. The van der Waals surface area contributed by atoms with Crippen LogP contribution in [0, 0.1) is 0 Å². The van der Waals surface area contributed by atoms with Gasteiger partial charge in [-0.05, 0) is 32.6 Å². The molecule has 0 saturated carbocycles.